The van der Waals surface area contributed by atoms with Crippen molar-refractivity contribution < 1.29 is 4.79 Å². The summed E-state index contributed by atoms with van der Waals surface area (Å²) in [5, 5.41) is 10.3. The Bertz CT molecular complexity index is 663. The predicted octanol–water partition coefficient (Wildman–Crippen LogP) is 1.75. The molecule has 1 aromatic carbocycles. The minimum Gasteiger partial charge on any atom is -0.357 e. The summed E-state index contributed by atoms with van der Waals surface area (Å²) in [6.07, 6.45) is 0. The van der Waals surface area contributed by atoms with Gasteiger partial charge >= 0.3 is 0 Å². The molecule has 0 atom stereocenters. The molecule has 0 bridgehead atoms. The van der Waals surface area contributed by atoms with Gasteiger partial charge in [-0.15, -0.1) is 0 Å². The summed E-state index contributed by atoms with van der Waals surface area (Å²) in [6, 6.07) is 10.2. The molecule has 0 aliphatic rings. The van der Waals surface area contributed by atoms with E-state index in [1.54, 1.807) is 7.05 Å². The molecule has 23 heavy (non-hydrogen) atoms. The smallest absolute Gasteiger partial charge is 0.239 e. The zero-order chi connectivity index (χ0) is 16.9. The van der Waals surface area contributed by atoms with Crippen molar-refractivity contribution >= 4 is 22.8 Å². The lowest BCUT2D eigenvalue weighted by atomic mass is 10.1. The molecule has 0 fully saturated rings. The lowest BCUT2D eigenvalue weighted by Gasteiger charge is -2.21. The van der Waals surface area contributed by atoms with Crippen LogP contribution in [0.4, 0.5) is 0 Å². The molecule has 0 saturated carbocycles. The summed E-state index contributed by atoms with van der Waals surface area (Å²) < 4.78 is 0. The number of aliphatic imine (C=N–C) groups is 1. The molecule has 1 amide bonds. The molecule has 0 saturated heterocycles. The number of guanidine groups is 1. The van der Waals surface area contributed by atoms with E-state index in [2.05, 4.69) is 38.1 Å². The number of amides is 1. The average molecular weight is 315 g/mol. The number of carbonyl (C=O) groups is 1. The molecule has 2 aromatic rings. The monoisotopic (exact) mass is 315 g/mol. The number of fused-ring (bicyclic) bond motifs is 1. The Hall–Kier alpha value is -2.50. The number of para-hydroxylation sites is 1. The van der Waals surface area contributed by atoms with Gasteiger partial charge in [0, 0.05) is 23.8 Å². The Kier molecular flexibility index (Phi) is 5.26. The number of benzene rings is 1. The van der Waals surface area contributed by atoms with Gasteiger partial charge in [0.2, 0.25) is 5.91 Å². The maximum atomic E-state index is 11.8. The largest absolute Gasteiger partial charge is 0.357 e. The Morgan fingerprint density at radius 1 is 1.22 bits per heavy atom. The van der Waals surface area contributed by atoms with Crippen molar-refractivity contribution in [1.82, 2.24) is 20.9 Å². The highest BCUT2D eigenvalue weighted by atomic mass is 16.2. The number of hydrogen-bond donors (Lipinski definition) is 4. The van der Waals surface area contributed by atoms with E-state index in [1.807, 2.05) is 39.0 Å². The molecular weight excluding hydrogens is 290 g/mol. The maximum Gasteiger partial charge on any atom is 0.239 e. The number of nitrogens with one attached hydrogen (secondary N) is 4. The van der Waals surface area contributed by atoms with E-state index in [0.717, 1.165) is 11.2 Å². The fraction of sp³-hybridized carbons (Fsp3) is 0.412. The van der Waals surface area contributed by atoms with Crippen molar-refractivity contribution in [2.45, 2.75) is 32.9 Å². The fourth-order valence-corrected chi connectivity index (χ4v) is 2.25. The fourth-order valence-electron chi connectivity index (χ4n) is 2.25. The lowest BCUT2D eigenvalue weighted by Crippen LogP contribution is -2.48. The van der Waals surface area contributed by atoms with Crippen LogP contribution in [0.1, 0.15) is 26.5 Å². The first-order valence-electron chi connectivity index (χ1n) is 7.69. The highest BCUT2D eigenvalue weighted by Gasteiger charge is 2.13. The van der Waals surface area contributed by atoms with Crippen molar-refractivity contribution in [1.29, 1.82) is 0 Å². The van der Waals surface area contributed by atoms with Crippen molar-refractivity contribution in [3.8, 4) is 0 Å². The second kappa shape index (κ2) is 7.17. The van der Waals surface area contributed by atoms with Crippen LogP contribution >= 0.6 is 0 Å². The van der Waals surface area contributed by atoms with Crippen molar-refractivity contribution in [2.75, 3.05) is 13.6 Å². The van der Waals surface area contributed by atoms with Crippen LogP contribution in [0, 0.1) is 0 Å². The van der Waals surface area contributed by atoms with Gasteiger partial charge in [0.15, 0.2) is 5.96 Å². The van der Waals surface area contributed by atoms with Crippen molar-refractivity contribution in [2.24, 2.45) is 4.99 Å². The molecule has 6 nitrogen and oxygen atoms in total. The SMILES string of the molecule is CN=C(NCC(=O)NC(C)(C)C)NCc1cc2ccccc2[nH]1. The Balaban J connectivity index is 1.84. The van der Waals surface area contributed by atoms with Crippen LogP contribution in [-0.2, 0) is 11.3 Å². The first-order valence-corrected chi connectivity index (χ1v) is 7.69. The minimum atomic E-state index is -0.236. The Labute approximate surface area is 136 Å². The maximum absolute atomic E-state index is 11.8. The molecule has 1 heterocycles. The van der Waals surface area contributed by atoms with E-state index in [-0.39, 0.29) is 18.0 Å². The molecule has 1 aromatic heterocycles. The van der Waals surface area contributed by atoms with E-state index >= 15 is 0 Å². The van der Waals surface area contributed by atoms with E-state index in [9.17, 15) is 4.79 Å². The summed E-state index contributed by atoms with van der Waals surface area (Å²) in [7, 11) is 1.68. The molecular formula is C17H25N5O. The molecule has 0 unspecified atom stereocenters. The number of hydrogen-bond acceptors (Lipinski definition) is 2. The Morgan fingerprint density at radius 3 is 2.61 bits per heavy atom. The van der Waals surface area contributed by atoms with Gasteiger partial charge < -0.3 is 20.9 Å². The summed E-state index contributed by atoms with van der Waals surface area (Å²) in [5.41, 5.74) is 1.94. The number of aromatic amines is 1. The summed E-state index contributed by atoms with van der Waals surface area (Å²) in [4.78, 5) is 19.3. The molecule has 0 aliphatic heterocycles. The molecule has 0 aliphatic carbocycles. The highest BCUT2D eigenvalue weighted by Crippen LogP contribution is 2.14. The van der Waals surface area contributed by atoms with Crippen LogP contribution in [-0.4, -0.2) is 36.0 Å². The second-order valence-electron chi connectivity index (χ2n) is 6.46. The summed E-state index contributed by atoms with van der Waals surface area (Å²) in [6.45, 7) is 6.65. The van der Waals surface area contributed by atoms with Crippen LogP contribution < -0.4 is 16.0 Å². The van der Waals surface area contributed by atoms with E-state index < -0.39 is 0 Å². The Morgan fingerprint density at radius 2 is 1.96 bits per heavy atom. The van der Waals surface area contributed by atoms with Gasteiger partial charge in [-0.25, -0.2) is 0 Å². The molecule has 4 N–H and O–H groups in total. The van der Waals surface area contributed by atoms with Gasteiger partial charge in [-0.3, -0.25) is 9.79 Å². The molecule has 0 radical (unpaired) electrons. The van der Waals surface area contributed by atoms with Gasteiger partial charge in [-0.05, 0) is 38.3 Å². The van der Waals surface area contributed by atoms with Gasteiger partial charge in [-0.1, -0.05) is 18.2 Å². The summed E-state index contributed by atoms with van der Waals surface area (Å²) >= 11 is 0. The number of H-pyrrole nitrogens is 1. The standard InChI is InChI=1S/C17H25N5O/c1-17(2,3)22-15(23)11-20-16(18-4)19-10-13-9-12-7-5-6-8-14(12)21-13/h5-9,21H,10-11H2,1-4H3,(H,22,23)(H2,18,19,20). The quantitative estimate of drug-likeness (QED) is 0.512. The second-order valence-corrected chi connectivity index (χ2v) is 6.46. The van der Waals surface area contributed by atoms with Crippen LogP contribution in [0.25, 0.3) is 10.9 Å². The van der Waals surface area contributed by atoms with Gasteiger partial charge in [0.05, 0.1) is 13.1 Å². The zero-order valence-corrected chi connectivity index (χ0v) is 14.2. The predicted molar refractivity (Wildman–Crippen MR) is 94.4 cm³/mol. The molecule has 0 spiro atoms. The summed E-state index contributed by atoms with van der Waals surface area (Å²) in [5.74, 6) is 0.527. The number of rotatable bonds is 4. The normalized spacial score (nSPS) is 12.3. The molecule has 2 rings (SSSR count). The van der Waals surface area contributed by atoms with Gasteiger partial charge in [0.25, 0.3) is 0 Å². The van der Waals surface area contributed by atoms with E-state index in [0.29, 0.717) is 12.5 Å². The van der Waals surface area contributed by atoms with Gasteiger partial charge in [0.1, 0.15) is 0 Å². The van der Waals surface area contributed by atoms with E-state index in [1.165, 1.54) is 5.39 Å². The van der Waals surface area contributed by atoms with E-state index in [4.69, 9.17) is 0 Å². The van der Waals surface area contributed by atoms with Gasteiger partial charge in [-0.2, -0.15) is 0 Å². The zero-order valence-electron chi connectivity index (χ0n) is 14.2. The van der Waals surface area contributed by atoms with Crippen molar-refractivity contribution in [3.63, 3.8) is 0 Å². The number of carbonyl (C=O) groups excluding carboxylic acids is 1. The lowest BCUT2D eigenvalue weighted by molar-refractivity contribution is -0.121. The first kappa shape index (κ1) is 16.9. The van der Waals surface area contributed by atoms with Crippen LogP contribution in [0.3, 0.4) is 0 Å². The first-order chi connectivity index (χ1) is 10.9. The minimum absolute atomic E-state index is 0.0638. The average Bonchev–Trinajstić information content (AvgIpc) is 2.88. The third kappa shape index (κ3) is 5.32. The van der Waals surface area contributed by atoms with Crippen molar-refractivity contribution in [3.05, 3.63) is 36.0 Å². The third-order valence-electron chi connectivity index (χ3n) is 3.19. The van der Waals surface area contributed by atoms with Crippen LogP contribution in [0.5, 0.6) is 0 Å². The number of aromatic nitrogens is 1. The van der Waals surface area contributed by atoms with Crippen LogP contribution in [0.2, 0.25) is 0 Å². The number of nitrogens with zero attached hydrogens (tertiary/aromatic N) is 1. The van der Waals surface area contributed by atoms with Crippen LogP contribution in [0.15, 0.2) is 35.3 Å². The topological polar surface area (TPSA) is 81.3 Å². The highest BCUT2D eigenvalue weighted by molar-refractivity contribution is 5.86. The third-order valence-corrected chi connectivity index (χ3v) is 3.19. The molecule has 124 valence electrons. The molecule has 6 heteroatoms.